The number of rotatable bonds is 7. The maximum absolute atomic E-state index is 6.46. The quantitative estimate of drug-likeness (QED) is 0.165. The minimum Gasteiger partial charge on any atom is -0.423 e. The zero-order valence-electron chi connectivity index (χ0n) is 30.5. The summed E-state index contributed by atoms with van der Waals surface area (Å²) >= 11 is 0. The molecule has 264 valence electrons. The molecule has 2 aromatic heterocycles. The Balaban J connectivity index is 1.14. The highest BCUT2D eigenvalue weighted by atomic mass is 16.4. The number of fused-ring (bicyclic) bond motifs is 6. The molecule has 0 amide bonds. The lowest BCUT2D eigenvalue weighted by atomic mass is 9.67. The summed E-state index contributed by atoms with van der Waals surface area (Å²) < 4.78 is 8.64. The summed E-state index contributed by atoms with van der Waals surface area (Å²) in [5, 5.41) is 0. The molecule has 56 heavy (non-hydrogen) atoms. The third-order valence-electron chi connectivity index (χ3n) is 11.3. The van der Waals surface area contributed by atoms with Crippen LogP contribution in [0.2, 0.25) is 0 Å². The summed E-state index contributed by atoms with van der Waals surface area (Å²) in [7, 11) is 0. The number of benzene rings is 8. The van der Waals surface area contributed by atoms with Crippen LogP contribution in [0.1, 0.15) is 22.3 Å². The van der Waals surface area contributed by atoms with Crippen molar-refractivity contribution >= 4 is 34.0 Å². The number of hydrogen-bond donors (Lipinski definition) is 0. The number of hydrogen-bond acceptors (Lipinski definition) is 3. The molecule has 0 fully saturated rings. The monoisotopic (exact) mass is 717 g/mol. The van der Waals surface area contributed by atoms with Crippen molar-refractivity contribution in [2.75, 3.05) is 4.90 Å². The van der Waals surface area contributed by atoms with Gasteiger partial charge in [-0.05, 0) is 88.0 Å². The first kappa shape index (κ1) is 32.0. The fourth-order valence-electron chi connectivity index (χ4n) is 8.95. The molecule has 0 saturated carbocycles. The van der Waals surface area contributed by atoms with E-state index >= 15 is 0 Å². The highest BCUT2D eigenvalue weighted by Crippen LogP contribution is 2.57. The standard InChI is InChI=1S/C52H35N3O/c1-5-17-38(18-6-1)52(39-19-7-2-8-20-39)45-26-14-13-25-43(45)44-34-31-37(35-46(44)52)49-50(55-47-27-15-16-28-48(47)56-51(55)53-49)36-29-32-42(33-30-36)54(40-21-9-3-10-22-40)41-23-11-4-12-24-41/h1-35H. The molecule has 11 rings (SSSR count). The Labute approximate surface area is 325 Å². The molecule has 4 heteroatoms. The zero-order chi connectivity index (χ0) is 37.1. The number of aromatic nitrogens is 2. The molecule has 0 saturated heterocycles. The van der Waals surface area contributed by atoms with Crippen LogP contribution in [0.25, 0.3) is 50.6 Å². The maximum Gasteiger partial charge on any atom is 0.307 e. The highest BCUT2D eigenvalue weighted by molar-refractivity contribution is 5.92. The maximum atomic E-state index is 6.46. The van der Waals surface area contributed by atoms with Crippen molar-refractivity contribution in [2.24, 2.45) is 0 Å². The molecule has 0 N–H and O–H groups in total. The molecule has 4 nitrogen and oxygen atoms in total. The van der Waals surface area contributed by atoms with Crippen molar-refractivity contribution in [3.8, 4) is 33.6 Å². The Morgan fingerprint density at radius 1 is 0.446 bits per heavy atom. The van der Waals surface area contributed by atoms with Gasteiger partial charge < -0.3 is 9.32 Å². The van der Waals surface area contributed by atoms with Gasteiger partial charge >= 0.3 is 5.84 Å². The number of oxazole rings is 1. The normalized spacial score (nSPS) is 12.8. The van der Waals surface area contributed by atoms with Crippen molar-refractivity contribution < 1.29 is 4.42 Å². The molecule has 0 unspecified atom stereocenters. The molecular weight excluding hydrogens is 683 g/mol. The van der Waals surface area contributed by atoms with Gasteiger partial charge in [-0.1, -0.05) is 158 Å². The Bertz CT molecular complexity index is 2930. The minimum absolute atomic E-state index is 0.518. The Hall–Kier alpha value is -7.43. The van der Waals surface area contributed by atoms with Gasteiger partial charge in [0, 0.05) is 28.2 Å². The molecule has 1 aliphatic carbocycles. The van der Waals surface area contributed by atoms with Gasteiger partial charge in [-0.25, -0.2) is 0 Å². The van der Waals surface area contributed by atoms with Crippen molar-refractivity contribution in [1.29, 1.82) is 0 Å². The van der Waals surface area contributed by atoms with Crippen LogP contribution in [0.5, 0.6) is 0 Å². The summed E-state index contributed by atoms with van der Waals surface area (Å²) in [6.45, 7) is 0. The summed E-state index contributed by atoms with van der Waals surface area (Å²) in [6.07, 6.45) is 0. The van der Waals surface area contributed by atoms with Gasteiger partial charge in [-0.15, -0.1) is 0 Å². The first-order chi connectivity index (χ1) is 27.8. The van der Waals surface area contributed by atoms with Crippen molar-refractivity contribution in [2.45, 2.75) is 5.41 Å². The molecular formula is C52H35N3O. The van der Waals surface area contributed by atoms with Crippen LogP contribution in [0.15, 0.2) is 217 Å². The average Bonchev–Trinajstić information content (AvgIpc) is 3.92. The Morgan fingerprint density at radius 2 is 0.964 bits per heavy atom. The van der Waals surface area contributed by atoms with Gasteiger partial charge in [0.25, 0.3) is 0 Å². The third kappa shape index (κ3) is 4.83. The molecule has 1 aliphatic rings. The van der Waals surface area contributed by atoms with E-state index in [1.807, 2.05) is 12.1 Å². The van der Waals surface area contributed by atoms with Crippen LogP contribution in [-0.4, -0.2) is 9.38 Å². The van der Waals surface area contributed by atoms with Crippen LogP contribution >= 0.6 is 0 Å². The summed E-state index contributed by atoms with van der Waals surface area (Å²) in [5.74, 6) is 0.566. The van der Waals surface area contributed by atoms with E-state index in [0.717, 1.165) is 50.7 Å². The van der Waals surface area contributed by atoms with Crippen LogP contribution < -0.4 is 4.90 Å². The summed E-state index contributed by atoms with van der Waals surface area (Å²) in [6, 6.07) is 75.7. The Kier molecular flexibility index (Phi) is 7.36. The first-order valence-electron chi connectivity index (χ1n) is 19.1. The predicted molar refractivity (Wildman–Crippen MR) is 228 cm³/mol. The van der Waals surface area contributed by atoms with Gasteiger partial charge in [0.1, 0.15) is 5.69 Å². The van der Waals surface area contributed by atoms with Crippen molar-refractivity contribution in [1.82, 2.24) is 9.38 Å². The molecule has 0 bridgehead atoms. The molecule has 10 aromatic rings. The van der Waals surface area contributed by atoms with Crippen LogP contribution in [0.3, 0.4) is 0 Å². The number of imidazole rings is 1. The second-order valence-corrected chi connectivity index (χ2v) is 14.3. The molecule has 8 aromatic carbocycles. The molecule has 2 heterocycles. The topological polar surface area (TPSA) is 33.7 Å². The summed E-state index contributed by atoms with van der Waals surface area (Å²) in [5.41, 5.74) is 15.9. The van der Waals surface area contributed by atoms with E-state index in [1.54, 1.807) is 0 Å². The second kappa shape index (κ2) is 12.9. The van der Waals surface area contributed by atoms with E-state index in [-0.39, 0.29) is 0 Å². The van der Waals surface area contributed by atoms with Gasteiger partial charge in [-0.3, -0.25) is 4.40 Å². The minimum atomic E-state index is -0.518. The van der Waals surface area contributed by atoms with Crippen molar-refractivity contribution in [3.63, 3.8) is 0 Å². The molecule has 0 aliphatic heterocycles. The lowest BCUT2D eigenvalue weighted by Gasteiger charge is -2.34. The smallest absolute Gasteiger partial charge is 0.307 e. The fraction of sp³-hybridized carbons (Fsp3) is 0.0192. The van der Waals surface area contributed by atoms with Crippen LogP contribution in [0.4, 0.5) is 17.1 Å². The summed E-state index contributed by atoms with van der Waals surface area (Å²) in [4.78, 5) is 7.59. The predicted octanol–water partition coefficient (Wildman–Crippen LogP) is 13.2. The van der Waals surface area contributed by atoms with E-state index in [4.69, 9.17) is 9.40 Å². The molecule has 0 atom stereocenters. The highest BCUT2D eigenvalue weighted by Gasteiger charge is 2.46. The van der Waals surface area contributed by atoms with Crippen molar-refractivity contribution in [3.05, 3.63) is 235 Å². The van der Waals surface area contributed by atoms with E-state index in [9.17, 15) is 0 Å². The lowest BCUT2D eigenvalue weighted by Crippen LogP contribution is -2.28. The number of anilines is 3. The largest absolute Gasteiger partial charge is 0.423 e. The van der Waals surface area contributed by atoms with E-state index in [0.29, 0.717) is 5.84 Å². The van der Waals surface area contributed by atoms with Gasteiger partial charge in [-0.2, -0.15) is 4.98 Å². The lowest BCUT2D eigenvalue weighted by molar-refractivity contribution is 0.642. The van der Waals surface area contributed by atoms with Gasteiger partial charge in [0.2, 0.25) is 0 Å². The fourth-order valence-corrected chi connectivity index (χ4v) is 8.95. The van der Waals surface area contributed by atoms with Gasteiger partial charge in [0.05, 0.1) is 16.6 Å². The number of nitrogens with zero attached hydrogens (tertiary/aromatic N) is 3. The van der Waals surface area contributed by atoms with E-state index < -0.39 is 5.41 Å². The van der Waals surface area contributed by atoms with Crippen LogP contribution in [-0.2, 0) is 5.41 Å². The Morgan fingerprint density at radius 3 is 1.62 bits per heavy atom. The molecule has 0 radical (unpaired) electrons. The SMILES string of the molecule is c1ccc(N(c2ccccc2)c2ccc(-c3c(-c4ccc5c(c4)C(c4ccccc4)(c4ccccc4)c4ccccc4-5)nc4oc5ccccc5n34)cc2)cc1. The zero-order valence-corrected chi connectivity index (χ0v) is 30.5. The van der Waals surface area contributed by atoms with E-state index in [2.05, 4.69) is 209 Å². The van der Waals surface area contributed by atoms with E-state index in [1.165, 1.54) is 33.4 Å². The van der Waals surface area contributed by atoms with Gasteiger partial charge in [0.15, 0.2) is 5.58 Å². The average molecular weight is 718 g/mol. The second-order valence-electron chi connectivity index (χ2n) is 14.3. The third-order valence-corrected chi connectivity index (χ3v) is 11.3. The van der Waals surface area contributed by atoms with Crippen LogP contribution in [0, 0.1) is 0 Å². The number of para-hydroxylation sites is 4. The molecule has 0 spiro atoms. The first-order valence-corrected chi connectivity index (χ1v) is 19.1.